The summed E-state index contributed by atoms with van der Waals surface area (Å²) in [6.07, 6.45) is 0. The third kappa shape index (κ3) is 4.78. The van der Waals surface area contributed by atoms with Crippen molar-refractivity contribution in [1.82, 2.24) is 15.1 Å². The molecule has 1 saturated heterocycles. The van der Waals surface area contributed by atoms with Crippen LogP contribution in [-0.4, -0.2) is 54.5 Å². The summed E-state index contributed by atoms with van der Waals surface area (Å²) in [4.78, 5) is 28.4. The number of piperazine rings is 1. The summed E-state index contributed by atoms with van der Waals surface area (Å²) in [6.45, 7) is 7.20. The number of carbonyl (C=O) groups is 2. The van der Waals surface area contributed by atoms with Gasteiger partial charge in [-0.2, -0.15) is 0 Å². The van der Waals surface area contributed by atoms with Crippen LogP contribution in [0.4, 0.5) is 13.6 Å². The van der Waals surface area contributed by atoms with E-state index >= 15 is 0 Å². The zero-order valence-electron chi connectivity index (χ0n) is 17.5. The lowest BCUT2D eigenvalue weighted by atomic mass is 9.84. The van der Waals surface area contributed by atoms with Crippen molar-refractivity contribution in [1.29, 1.82) is 0 Å². The summed E-state index contributed by atoms with van der Waals surface area (Å²) in [7, 11) is 0. The number of hydrogen-bond acceptors (Lipinski definition) is 2. The summed E-state index contributed by atoms with van der Waals surface area (Å²) in [5.41, 5.74) is 0.786. The smallest absolute Gasteiger partial charge is 0.317 e. The maximum atomic E-state index is 14.1. The lowest BCUT2D eigenvalue weighted by molar-refractivity contribution is 0.0664. The number of hydrogen-bond donors (Lipinski definition) is 1. The van der Waals surface area contributed by atoms with Gasteiger partial charge >= 0.3 is 6.03 Å². The van der Waals surface area contributed by atoms with Crippen LogP contribution in [0.3, 0.4) is 0 Å². The predicted octanol–water partition coefficient (Wildman–Crippen LogP) is 3.72. The van der Waals surface area contributed by atoms with Gasteiger partial charge in [0.1, 0.15) is 11.6 Å². The van der Waals surface area contributed by atoms with Gasteiger partial charge in [-0.05, 0) is 36.2 Å². The van der Waals surface area contributed by atoms with Gasteiger partial charge in [-0.1, -0.05) is 38.1 Å². The highest BCUT2D eigenvalue weighted by atomic mass is 19.1. The minimum absolute atomic E-state index is 0.241. The van der Waals surface area contributed by atoms with Gasteiger partial charge < -0.3 is 15.1 Å². The van der Waals surface area contributed by atoms with Crippen LogP contribution in [0.25, 0.3) is 0 Å². The highest BCUT2D eigenvalue weighted by Crippen LogP contribution is 2.25. The second-order valence-corrected chi connectivity index (χ2v) is 8.27. The van der Waals surface area contributed by atoms with E-state index in [0.29, 0.717) is 42.9 Å². The first-order chi connectivity index (χ1) is 14.2. The molecule has 160 valence electrons. The molecule has 3 amide bonds. The third-order valence-corrected chi connectivity index (χ3v) is 5.56. The number of benzene rings is 2. The van der Waals surface area contributed by atoms with E-state index in [2.05, 4.69) is 5.32 Å². The first kappa shape index (κ1) is 21.7. The summed E-state index contributed by atoms with van der Waals surface area (Å²) in [5.74, 6) is -0.942. The Labute approximate surface area is 175 Å². The maximum absolute atomic E-state index is 14.1. The van der Waals surface area contributed by atoms with Crippen molar-refractivity contribution < 1.29 is 18.4 Å². The summed E-state index contributed by atoms with van der Waals surface area (Å²) < 4.78 is 27.8. The minimum atomic E-state index is -0.561. The molecule has 0 saturated carbocycles. The molecule has 3 rings (SSSR count). The molecule has 1 aliphatic rings. The molecule has 1 fully saturated rings. The number of urea groups is 1. The van der Waals surface area contributed by atoms with Crippen LogP contribution in [0.15, 0.2) is 42.5 Å². The fraction of sp³-hybridized carbons (Fsp3) is 0.391. The van der Waals surface area contributed by atoms with Gasteiger partial charge in [-0.15, -0.1) is 0 Å². The van der Waals surface area contributed by atoms with E-state index in [9.17, 15) is 18.4 Å². The average molecular weight is 415 g/mol. The average Bonchev–Trinajstić information content (AvgIpc) is 2.74. The first-order valence-electron chi connectivity index (χ1n) is 10.0. The van der Waals surface area contributed by atoms with Crippen molar-refractivity contribution in [3.8, 4) is 0 Å². The first-order valence-corrected chi connectivity index (χ1v) is 10.0. The molecule has 1 aliphatic heterocycles. The van der Waals surface area contributed by atoms with Crippen molar-refractivity contribution in [3.05, 3.63) is 70.8 Å². The Balaban J connectivity index is 1.53. The third-order valence-electron chi connectivity index (χ3n) is 5.56. The monoisotopic (exact) mass is 415 g/mol. The summed E-state index contributed by atoms with van der Waals surface area (Å²) in [6, 6.07) is 10.8. The van der Waals surface area contributed by atoms with Gasteiger partial charge in [0.15, 0.2) is 0 Å². The van der Waals surface area contributed by atoms with E-state index in [0.717, 1.165) is 0 Å². The van der Waals surface area contributed by atoms with Crippen LogP contribution in [0.2, 0.25) is 0 Å². The zero-order chi connectivity index (χ0) is 21.9. The van der Waals surface area contributed by atoms with Crippen molar-refractivity contribution >= 4 is 11.9 Å². The molecule has 30 heavy (non-hydrogen) atoms. The molecule has 0 atom stereocenters. The molecular weight excluding hydrogens is 388 g/mol. The summed E-state index contributed by atoms with van der Waals surface area (Å²) in [5, 5.41) is 2.88. The van der Waals surface area contributed by atoms with E-state index < -0.39 is 11.2 Å². The number of aryl methyl sites for hydroxylation is 1. The van der Waals surface area contributed by atoms with E-state index in [-0.39, 0.29) is 24.3 Å². The number of amides is 3. The SMILES string of the molecule is Cc1ccc(C(=O)N2CCN(C(=O)NCC(C)(C)c3ccccc3F)CC2)cc1F. The highest BCUT2D eigenvalue weighted by Gasteiger charge is 2.28. The van der Waals surface area contributed by atoms with Crippen LogP contribution >= 0.6 is 0 Å². The Bertz CT molecular complexity index is 938. The van der Waals surface area contributed by atoms with Crippen molar-refractivity contribution in [2.45, 2.75) is 26.2 Å². The van der Waals surface area contributed by atoms with Crippen molar-refractivity contribution in [2.24, 2.45) is 0 Å². The molecule has 1 heterocycles. The second-order valence-electron chi connectivity index (χ2n) is 8.27. The Kier molecular flexibility index (Phi) is 6.39. The molecule has 1 N–H and O–H groups in total. The number of rotatable bonds is 4. The van der Waals surface area contributed by atoms with Gasteiger partial charge in [-0.25, -0.2) is 13.6 Å². The molecule has 0 unspecified atom stereocenters. The molecule has 0 aromatic heterocycles. The minimum Gasteiger partial charge on any atom is -0.337 e. The lowest BCUT2D eigenvalue weighted by Crippen LogP contribution is -2.54. The number of nitrogens with one attached hydrogen (secondary N) is 1. The molecule has 0 radical (unpaired) electrons. The predicted molar refractivity (Wildman–Crippen MR) is 111 cm³/mol. The number of carbonyl (C=O) groups excluding carboxylic acids is 2. The number of halogens is 2. The summed E-state index contributed by atoms with van der Waals surface area (Å²) >= 11 is 0. The fourth-order valence-electron chi connectivity index (χ4n) is 3.53. The highest BCUT2D eigenvalue weighted by molar-refractivity contribution is 5.94. The van der Waals surface area contributed by atoms with Gasteiger partial charge in [-0.3, -0.25) is 4.79 Å². The molecule has 0 spiro atoms. The Morgan fingerprint density at radius 3 is 2.23 bits per heavy atom. The van der Waals surface area contributed by atoms with Crippen LogP contribution in [0, 0.1) is 18.6 Å². The largest absolute Gasteiger partial charge is 0.337 e. The topological polar surface area (TPSA) is 52.7 Å². The van der Waals surface area contributed by atoms with Crippen LogP contribution in [0.5, 0.6) is 0 Å². The fourth-order valence-corrected chi connectivity index (χ4v) is 3.53. The normalized spacial score (nSPS) is 14.6. The van der Waals surface area contributed by atoms with Gasteiger partial charge in [0.25, 0.3) is 5.91 Å². The van der Waals surface area contributed by atoms with E-state index in [1.807, 2.05) is 13.8 Å². The van der Waals surface area contributed by atoms with Gasteiger partial charge in [0.2, 0.25) is 0 Å². The second kappa shape index (κ2) is 8.81. The maximum Gasteiger partial charge on any atom is 0.317 e. The van der Waals surface area contributed by atoms with Gasteiger partial charge in [0.05, 0.1) is 0 Å². The Hall–Kier alpha value is -2.96. The molecule has 0 bridgehead atoms. The molecule has 2 aromatic rings. The lowest BCUT2D eigenvalue weighted by Gasteiger charge is -2.35. The van der Waals surface area contributed by atoms with E-state index in [4.69, 9.17) is 0 Å². The van der Waals surface area contributed by atoms with E-state index in [1.165, 1.54) is 12.1 Å². The van der Waals surface area contributed by atoms with Crippen molar-refractivity contribution in [3.63, 3.8) is 0 Å². The van der Waals surface area contributed by atoms with Gasteiger partial charge in [0, 0.05) is 43.7 Å². The van der Waals surface area contributed by atoms with Crippen LogP contribution in [0.1, 0.15) is 35.3 Å². The van der Waals surface area contributed by atoms with Crippen molar-refractivity contribution in [2.75, 3.05) is 32.7 Å². The molecule has 2 aromatic carbocycles. The molecule has 5 nitrogen and oxygen atoms in total. The Morgan fingerprint density at radius 2 is 1.60 bits per heavy atom. The Morgan fingerprint density at radius 1 is 0.967 bits per heavy atom. The zero-order valence-corrected chi connectivity index (χ0v) is 17.5. The molecule has 7 heteroatoms. The van der Waals surface area contributed by atoms with Crippen LogP contribution in [-0.2, 0) is 5.41 Å². The quantitative estimate of drug-likeness (QED) is 0.828. The van der Waals surface area contributed by atoms with E-state index in [1.54, 1.807) is 47.1 Å². The standard InChI is InChI=1S/C23H27F2N3O2/c1-16-8-9-17(14-20(16)25)21(29)27-10-12-28(13-11-27)22(30)26-15-23(2,3)18-6-4-5-7-19(18)24/h4-9,14H,10-13,15H2,1-3H3,(H,26,30). The molecule has 0 aliphatic carbocycles. The number of nitrogens with zero attached hydrogens (tertiary/aromatic N) is 2. The van der Waals surface area contributed by atoms with Crippen LogP contribution < -0.4 is 5.32 Å². The molecular formula is C23H27F2N3O2.